The van der Waals surface area contributed by atoms with Gasteiger partial charge in [0.15, 0.2) is 0 Å². The van der Waals surface area contributed by atoms with Crippen LogP contribution in [0.3, 0.4) is 0 Å². The Labute approximate surface area is 192 Å². The molecule has 0 aliphatic rings. The molecule has 4 aromatic rings. The van der Waals surface area contributed by atoms with Crippen LogP contribution in [0.2, 0.25) is 0 Å². The summed E-state index contributed by atoms with van der Waals surface area (Å²) >= 11 is 0.725. The van der Waals surface area contributed by atoms with E-state index in [0.29, 0.717) is 22.7 Å². The summed E-state index contributed by atoms with van der Waals surface area (Å²) in [4.78, 5) is 16.5. The molecule has 4 rings (SSSR count). The maximum atomic E-state index is 12.5. The molecule has 0 aliphatic carbocycles. The van der Waals surface area contributed by atoms with Crippen LogP contribution in [0.4, 0.5) is 5.13 Å². The molecule has 33 heavy (non-hydrogen) atoms. The Hall–Kier alpha value is -3.68. The highest BCUT2D eigenvalue weighted by Gasteiger charge is 2.22. The molecule has 1 amide bonds. The van der Waals surface area contributed by atoms with Gasteiger partial charge in [-0.1, -0.05) is 34.2 Å². The standard InChI is InChI=1S/C20H18N6O5S2/c1-12-4-3-5-14(10-12)18(27)23-19-24-25-20(32-19)33(28,29)21-11-16-22-17(26-31-16)13-6-8-15(30-2)9-7-13/h3-10,21H,11H2,1-2H3,(H,23,24,27). The van der Waals surface area contributed by atoms with Gasteiger partial charge in [0.2, 0.25) is 21.2 Å². The number of benzene rings is 2. The van der Waals surface area contributed by atoms with E-state index >= 15 is 0 Å². The van der Waals surface area contributed by atoms with E-state index in [4.69, 9.17) is 9.26 Å². The minimum Gasteiger partial charge on any atom is -0.497 e. The molecule has 170 valence electrons. The van der Waals surface area contributed by atoms with Gasteiger partial charge >= 0.3 is 0 Å². The molecule has 0 spiro atoms. The lowest BCUT2D eigenvalue weighted by Crippen LogP contribution is -2.23. The van der Waals surface area contributed by atoms with Gasteiger partial charge in [0.05, 0.1) is 13.7 Å². The number of carbonyl (C=O) groups is 1. The maximum absolute atomic E-state index is 12.5. The summed E-state index contributed by atoms with van der Waals surface area (Å²) < 4.78 is 37.3. The van der Waals surface area contributed by atoms with Crippen LogP contribution in [0, 0.1) is 6.92 Å². The quantitative estimate of drug-likeness (QED) is 0.358. The number of rotatable bonds is 8. The Morgan fingerprint density at radius 3 is 2.67 bits per heavy atom. The zero-order valence-electron chi connectivity index (χ0n) is 17.5. The van der Waals surface area contributed by atoms with Gasteiger partial charge in [0, 0.05) is 11.1 Å². The third-order valence-electron chi connectivity index (χ3n) is 4.37. The van der Waals surface area contributed by atoms with Gasteiger partial charge in [-0.15, -0.1) is 10.2 Å². The predicted octanol–water partition coefficient (Wildman–Crippen LogP) is 2.64. The molecule has 2 aromatic carbocycles. The fraction of sp³-hybridized carbons (Fsp3) is 0.150. The highest BCUT2D eigenvalue weighted by molar-refractivity contribution is 7.91. The van der Waals surface area contributed by atoms with E-state index in [1.54, 1.807) is 49.6 Å². The first-order chi connectivity index (χ1) is 15.8. The molecule has 0 saturated carbocycles. The van der Waals surface area contributed by atoms with Crippen molar-refractivity contribution < 1.29 is 22.5 Å². The predicted molar refractivity (Wildman–Crippen MR) is 119 cm³/mol. The van der Waals surface area contributed by atoms with Gasteiger partial charge in [-0.05, 0) is 43.3 Å². The van der Waals surface area contributed by atoms with Crippen molar-refractivity contribution in [3.8, 4) is 17.1 Å². The molecular weight excluding hydrogens is 468 g/mol. The lowest BCUT2D eigenvalue weighted by Gasteiger charge is -2.02. The van der Waals surface area contributed by atoms with Crippen molar-refractivity contribution in [1.82, 2.24) is 25.1 Å². The largest absolute Gasteiger partial charge is 0.497 e. The summed E-state index contributed by atoms with van der Waals surface area (Å²) in [6.45, 7) is 1.62. The molecule has 0 atom stereocenters. The highest BCUT2D eigenvalue weighted by atomic mass is 32.2. The average molecular weight is 487 g/mol. The SMILES string of the molecule is COc1ccc(-c2noc(CNS(=O)(=O)c3nnc(NC(=O)c4cccc(C)c4)s3)n2)cc1. The number of ether oxygens (including phenoxy) is 1. The molecule has 2 N–H and O–H groups in total. The number of hydrogen-bond donors (Lipinski definition) is 2. The van der Waals surface area contributed by atoms with Crippen molar-refractivity contribution in [3.05, 3.63) is 65.5 Å². The number of nitrogens with one attached hydrogen (secondary N) is 2. The lowest BCUT2D eigenvalue weighted by molar-refractivity contribution is 0.102. The lowest BCUT2D eigenvalue weighted by atomic mass is 10.1. The molecule has 0 unspecified atom stereocenters. The number of aryl methyl sites for hydroxylation is 1. The van der Waals surface area contributed by atoms with E-state index < -0.39 is 15.9 Å². The molecule has 0 saturated heterocycles. The first-order valence-electron chi connectivity index (χ1n) is 9.52. The van der Waals surface area contributed by atoms with Crippen molar-refractivity contribution >= 4 is 32.4 Å². The second kappa shape index (κ2) is 9.44. The van der Waals surface area contributed by atoms with Crippen molar-refractivity contribution in [2.24, 2.45) is 0 Å². The fourth-order valence-electron chi connectivity index (χ4n) is 2.73. The third-order valence-corrected chi connectivity index (χ3v) is 6.97. The summed E-state index contributed by atoms with van der Waals surface area (Å²) in [7, 11) is -2.45. The van der Waals surface area contributed by atoms with Gasteiger partial charge in [-0.3, -0.25) is 10.1 Å². The van der Waals surface area contributed by atoms with E-state index in [2.05, 4.69) is 30.4 Å². The van der Waals surface area contributed by atoms with E-state index in [-0.39, 0.29) is 21.9 Å². The Bertz CT molecular complexity index is 1380. The number of sulfonamides is 1. The fourth-order valence-corrected chi connectivity index (χ4v) is 4.64. The third kappa shape index (κ3) is 5.39. The van der Waals surface area contributed by atoms with Crippen molar-refractivity contribution in [2.45, 2.75) is 17.8 Å². The van der Waals surface area contributed by atoms with Crippen LogP contribution in [0.1, 0.15) is 21.8 Å². The zero-order chi connectivity index (χ0) is 23.4. The normalized spacial score (nSPS) is 11.3. The second-order valence-electron chi connectivity index (χ2n) is 6.76. The number of aromatic nitrogens is 4. The highest BCUT2D eigenvalue weighted by Crippen LogP contribution is 2.22. The summed E-state index contributed by atoms with van der Waals surface area (Å²) in [5.41, 5.74) is 2.03. The van der Waals surface area contributed by atoms with Crippen LogP contribution >= 0.6 is 11.3 Å². The first kappa shape index (κ1) is 22.5. The van der Waals surface area contributed by atoms with E-state index in [9.17, 15) is 13.2 Å². The number of anilines is 1. The number of amides is 1. The van der Waals surface area contributed by atoms with Gasteiger partial charge in [0.25, 0.3) is 15.9 Å². The van der Waals surface area contributed by atoms with Gasteiger partial charge in [-0.25, -0.2) is 8.42 Å². The van der Waals surface area contributed by atoms with Crippen LogP contribution in [-0.4, -0.2) is 41.8 Å². The molecule has 2 aromatic heterocycles. The summed E-state index contributed by atoms with van der Waals surface area (Å²) in [5, 5.41) is 13.9. The Morgan fingerprint density at radius 2 is 1.94 bits per heavy atom. The van der Waals surface area contributed by atoms with Gasteiger partial charge < -0.3 is 9.26 Å². The average Bonchev–Trinajstić information content (AvgIpc) is 3.48. The van der Waals surface area contributed by atoms with Crippen molar-refractivity contribution in [2.75, 3.05) is 12.4 Å². The number of nitrogens with zero attached hydrogens (tertiary/aromatic N) is 4. The van der Waals surface area contributed by atoms with Crippen LogP contribution in [0.5, 0.6) is 5.75 Å². The molecule has 2 heterocycles. The van der Waals surface area contributed by atoms with E-state index in [1.165, 1.54) is 0 Å². The van der Waals surface area contributed by atoms with Gasteiger partial charge in [-0.2, -0.15) is 9.71 Å². The first-order valence-corrected chi connectivity index (χ1v) is 11.8. The van der Waals surface area contributed by atoms with E-state index in [1.807, 2.05) is 13.0 Å². The molecular formula is C20H18N6O5S2. The summed E-state index contributed by atoms with van der Waals surface area (Å²) in [6, 6.07) is 14.0. The number of carbonyl (C=O) groups excluding carboxylic acids is 1. The Kier molecular flexibility index (Phi) is 6.44. The molecule has 0 radical (unpaired) electrons. The van der Waals surface area contributed by atoms with Crippen LogP contribution in [0.25, 0.3) is 11.4 Å². The van der Waals surface area contributed by atoms with Crippen molar-refractivity contribution in [3.63, 3.8) is 0 Å². The molecule has 11 nitrogen and oxygen atoms in total. The smallest absolute Gasteiger partial charge is 0.270 e. The molecule has 0 bridgehead atoms. The Morgan fingerprint density at radius 1 is 1.15 bits per heavy atom. The number of hydrogen-bond acceptors (Lipinski definition) is 10. The summed E-state index contributed by atoms with van der Waals surface area (Å²) in [6.07, 6.45) is 0. The van der Waals surface area contributed by atoms with Crippen LogP contribution < -0.4 is 14.8 Å². The second-order valence-corrected chi connectivity index (χ2v) is 9.68. The van der Waals surface area contributed by atoms with E-state index in [0.717, 1.165) is 16.9 Å². The number of methoxy groups -OCH3 is 1. The Balaban J connectivity index is 1.39. The monoisotopic (exact) mass is 486 g/mol. The van der Waals surface area contributed by atoms with Crippen LogP contribution in [-0.2, 0) is 16.6 Å². The van der Waals surface area contributed by atoms with Crippen LogP contribution in [0.15, 0.2) is 57.4 Å². The maximum Gasteiger partial charge on any atom is 0.270 e. The molecule has 13 heteroatoms. The zero-order valence-corrected chi connectivity index (χ0v) is 19.1. The minimum atomic E-state index is -4.01. The summed E-state index contributed by atoms with van der Waals surface area (Å²) in [5.74, 6) is 0.649. The molecule has 0 aliphatic heterocycles. The molecule has 0 fully saturated rings. The van der Waals surface area contributed by atoms with Gasteiger partial charge in [0.1, 0.15) is 5.75 Å². The minimum absolute atomic E-state index is 0.0569. The topological polar surface area (TPSA) is 149 Å². The van der Waals surface area contributed by atoms with Crippen molar-refractivity contribution in [1.29, 1.82) is 0 Å².